The maximum absolute atomic E-state index is 15.1. The Hall–Kier alpha value is -2.64. The summed E-state index contributed by atoms with van der Waals surface area (Å²) in [6, 6.07) is 3.11. The number of aromatic nitrogens is 2. The normalized spacial score (nSPS) is 18.7. The molecule has 174 valence electrons. The maximum Gasteiger partial charge on any atom is 0.350 e. The average molecular weight is 445 g/mol. The molecule has 1 unspecified atom stereocenters. The molecule has 32 heavy (non-hydrogen) atoms. The monoisotopic (exact) mass is 444 g/mol. The van der Waals surface area contributed by atoms with Gasteiger partial charge in [-0.25, -0.2) is 9.18 Å². The van der Waals surface area contributed by atoms with Crippen LogP contribution in [0.5, 0.6) is 0 Å². The van der Waals surface area contributed by atoms with Crippen molar-refractivity contribution in [2.45, 2.75) is 83.2 Å². The van der Waals surface area contributed by atoms with E-state index in [-0.39, 0.29) is 23.4 Å². The second-order valence-corrected chi connectivity index (χ2v) is 9.43. The Morgan fingerprint density at radius 3 is 2.47 bits per heavy atom. The smallest absolute Gasteiger partial charge is 0.350 e. The van der Waals surface area contributed by atoms with Crippen LogP contribution in [0, 0.1) is 11.7 Å². The molecule has 0 spiro atoms. The van der Waals surface area contributed by atoms with Gasteiger partial charge in [-0.3, -0.25) is 9.36 Å². The van der Waals surface area contributed by atoms with E-state index < -0.39 is 17.1 Å². The molecule has 0 radical (unpaired) electrons. The van der Waals surface area contributed by atoms with Crippen molar-refractivity contribution in [2.75, 3.05) is 17.3 Å². The number of halogens is 1. The third-order valence-corrected chi connectivity index (χ3v) is 6.93. The van der Waals surface area contributed by atoms with Crippen molar-refractivity contribution >= 4 is 22.9 Å². The molecule has 1 atom stereocenters. The summed E-state index contributed by atoms with van der Waals surface area (Å²) >= 11 is 0. The fourth-order valence-electron chi connectivity index (χ4n) is 5.08. The Kier molecular flexibility index (Phi) is 6.96. The molecule has 1 heterocycles. The number of fused-ring (bicyclic) bond motifs is 1. The van der Waals surface area contributed by atoms with Gasteiger partial charge in [-0.15, -0.1) is 0 Å². The molecular weight excluding hydrogens is 411 g/mol. The molecule has 0 amide bonds. The van der Waals surface area contributed by atoms with E-state index in [1.807, 2.05) is 6.92 Å². The highest BCUT2D eigenvalue weighted by Crippen LogP contribution is 2.32. The zero-order valence-corrected chi connectivity index (χ0v) is 18.7. The highest BCUT2D eigenvalue weighted by atomic mass is 19.1. The van der Waals surface area contributed by atoms with Gasteiger partial charge in [0.1, 0.15) is 12.1 Å². The predicted octanol–water partition coefficient (Wildman–Crippen LogP) is 3.93. The summed E-state index contributed by atoms with van der Waals surface area (Å²) in [5.41, 5.74) is 2.77. The van der Waals surface area contributed by atoms with Gasteiger partial charge < -0.3 is 15.5 Å². The van der Waals surface area contributed by atoms with E-state index in [0.29, 0.717) is 24.2 Å². The second-order valence-electron chi connectivity index (χ2n) is 9.43. The minimum Gasteiger partial charge on any atom is -0.380 e. The second kappa shape index (κ2) is 9.88. The topological polar surface area (TPSA) is 85.1 Å². The van der Waals surface area contributed by atoms with E-state index in [1.54, 1.807) is 10.6 Å². The van der Waals surface area contributed by atoms with Crippen molar-refractivity contribution in [3.63, 3.8) is 0 Å². The standard InChI is InChI=1S/C24H33FN4O3/c1-16(11-12-30)15-26-29-23(31)19-13-20(25)21(27-17-7-3-2-4-8-17)14-22(19)28(24(29)32)18-9-5-6-10-18/h12-14,16-18,26-27H,2-11,15H2,1H3. The summed E-state index contributed by atoms with van der Waals surface area (Å²) in [6.07, 6.45) is 10.4. The summed E-state index contributed by atoms with van der Waals surface area (Å²) in [5.74, 6) is -0.508. The molecule has 2 aliphatic rings. The molecule has 8 heteroatoms. The molecule has 7 nitrogen and oxygen atoms in total. The van der Waals surface area contributed by atoms with Crippen LogP contribution in [0.25, 0.3) is 10.9 Å². The van der Waals surface area contributed by atoms with E-state index in [1.165, 1.54) is 12.5 Å². The van der Waals surface area contributed by atoms with Crippen LogP contribution in [-0.2, 0) is 4.79 Å². The first-order valence-electron chi connectivity index (χ1n) is 11.9. The number of rotatable bonds is 8. The number of carbonyl (C=O) groups is 1. The Morgan fingerprint density at radius 1 is 1.09 bits per heavy atom. The van der Waals surface area contributed by atoms with Gasteiger partial charge in [-0.1, -0.05) is 39.0 Å². The van der Waals surface area contributed by atoms with Crippen LogP contribution in [0.4, 0.5) is 10.1 Å². The molecule has 1 aromatic heterocycles. The minimum atomic E-state index is -0.555. The summed E-state index contributed by atoms with van der Waals surface area (Å²) in [6.45, 7) is 2.17. The SMILES string of the molecule is CC(CC=O)CNn1c(=O)c2cc(F)c(NC3CCCCC3)cc2n(C2CCCC2)c1=O. The third kappa shape index (κ3) is 4.59. The van der Waals surface area contributed by atoms with Gasteiger partial charge in [-0.2, -0.15) is 4.68 Å². The molecule has 2 aliphatic carbocycles. The van der Waals surface area contributed by atoms with Crippen molar-refractivity contribution < 1.29 is 9.18 Å². The first kappa shape index (κ1) is 22.6. The first-order valence-corrected chi connectivity index (χ1v) is 11.9. The Labute approximate surface area is 187 Å². The maximum atomic E-state index is 15.1. The number of nitrogens with one attached hydrogen (secondary N) is 2. The molecule has 2 N–H and O–H groups in total. The Morgan fingerprint density at radius 2 is 1.78 bits per heavy atom. The van der Waals surface area contributed by atoms with Crippen LogP contribution >= 0.6 is 0 Å². The van der Waals surface area contributed by atoms with Crippen LogP contribution in [-0.4, -0.2) is 28.1 Å². The summed E-state index contributed by atoms with van der Waals surface area (Å²) in [7, 11) is 0. The van der Waals surface area contributed by atoms with Gasteiger partial charge in [0.25, 0.3) is 5.56 Å². The van der Waals surface area contributed by atoms with Crippen LogP contribution in [0.1, 0.15) is 77.2 Å². The Balaban J connectivity index is 1.79. The van der Waals surface area contributed by atoms with E-state index >= 15 is 4.39 Å². The van der Waals surface area contributed by atoms with E-state index in [4.69, 9.17) is 0 Å². The van der Waals surface area contributed by atoms with Crippen molar-refractivity contribution in [2.24, 2.45) is 5.92 Å². The summed E-state index contributed by atoms with van der Waals surface area (Å²) < 4.78 is 17.7. The lowest BCUT2D eigenvalue weighted by Gasteiger charge is -2.25. The number of hydrogen-bond acceptors (Lipinski definition) is 5. The lowest BCUT2D eigenvalue weighted by atomic mass is 9.95. The fourth-order valence-corrected chi connectivity index (χ4v) is 5.08. The van der Waals surface area contributed by atoms with Gasteiger partial charge in [0.15, 0.2) is 0 Å². The molecule has 0 aliphatic heterocycles. The quantitative estimate of drug-likeness (QED) is 0.603. The van der Waals surface area contributed by atoms with Crippen molar-refractivity contribution in [1.29, 1.82) is 0 Å². The minimum absolute atomic E-state index is 0.0148. The molecule has 1 aromatic carbocycles. The number of benzene rings is 1. The van der Waals surface area contributed by atoms with Crippen molar-refractivity contribution in [3.05, 3.63) is 38.8 Å². The van der Waals surface area contributed by atoms with E-state index in [0.717, 1.165) is 62.3 Å². The first-order chi connectivity index (χ1) is 15.5. The molecule has 4 rings (SSSR count). The van der Waals surface area contributed by atoms with Crippen LogP contribution in [0.3, 0.4) is 0 Å². The number of nitrogens with zero attached hydrogens (tertiary/aromatic N) is 2. The number of anilines is 1. The molecule has 2 aromatic rings. The number of hydrogen-bond donors (Lipinski definition) is 2. The predicted molar refractivity (Wildman–Crippen MR) is 124 cm³/mol. The molecule has 2 fully saturated rings. The lowest BCUT2D eigenvalue weighted by molar-refractivity contribution is -0.108. The van der Waals surface area contributed by atoms with E-state index in [9.17, 15) is 14.4 Å². The van der Waals surface area contributed by atoms with Crippen LogP contribution < -0.4 is 22.0 Å². The van der Waals surface area contributed by atoms with Crippen molar-refractivity contribution in [3.8, 4) is 0 Å². The summed E-state index contributed by atoms with van der Waals surface area (Å²) in [4.78, 5) is 37.4. The highest BCUT2D eigenvalue weighted by molar-refractivity contribution is 5.82. The average Bonchev–Trinajstić information content (AvgIpc) is 3.30. The van der Waals surface area contributed by atoms with Crippen LogP contribution in [0.15, 0.2) is 21.7 Å². The highest BCUT2D eigenvalue weighted by Gasteiger charge is 2.25. The van der Waals surface area contributed by atoms with Gasteiger partial charge in [0.05, 0.1) is 16.6 Å². The number of carbonyl (C=O) groups excluding carboxylic acids is 1. The van der Waals surface area contributed by atoms with Gasteiger partial charge in [-0.05, 0) is 43.7 Å². The fraction of sp³-hybridized carbons (Fsp3) is 0.625. The zero-order valence-electron chi connectivity index (χ0n) is 18.7. The largest absolute Gasteiger partial charge is 0.380 e. The number of aldehydes is 1. The van der Waals surface area contributed by atoms with Gasteiger partial charge in [0, 0.05) is 25.0 Å². The molecule has 2 saturated carbocycles. The molecule has 0 saturated heterocycles. The summed E-state index contributed by atoms with van der Waals surface area (Å²) in [5, 5.41) is 3.51. The van der Waals surface area contributed by atoms with E-state index in [2.05, 4.69) is 10.7 Å². The third-order valence-electron chi connectivity index (χ3n) is 6.93. The van der Waals surface area contributed by atoms with Crippen molar-refractivity contribution in [1.82, 2.24) is 9.24 Å². The van der Waals surface area contributed by atoms with Gasteiger partial charge >= 0.3 is 5.69 Å². The molecule has 0 bridgehead atoms. The Bertz CT molecular complexity index is 1080. The lowest BCUT2D eigenvalue weighted by Crippen LogP contribution is -2.46. The van der Waals surface area contributed by atoms with Gasteiger partial charge in [0.2, 0.25) is 0 Å². The molecular formula is C24H33FN4O3. The van der Waals surface area contributed by atoms with Crippen LogP contribution in [0.2, 0.25) is 0 Å². The zero-order chi connectivity index (χ0) is 22.7.